The fourth-order valence-corrected chi connectivity index (χ4v) is 1.82. The number of nitrogens with two attached hydrogens (primary N) is 1. The van der Waals surface area contributed by atoms with Gasteiger partial charge in [-0.1, -0.05) is 39.4 Å². The number of rotatable bonds is 7. The summed E-state index contributed by atoms with van der Waals surface area (Å²) in [5, 5.41) is 0. The van der Waals surface area contributed by atoms with E-state index in [-0.39, 0.29) is 0 Å². The van der Waals surface area contributed by atoms with Crippen LogP contribution < -0.4 is 5.73 Å². The van der Waals surface area contributed by atoms with Gasteiger partial charge in [0.05, 0.1) is 4.99 Å². The maximum absolute atomic E-state index is 5.58. The average Bonchev–Trinajstić information content (AvgIpc) is 2.03. The molecule has 14 heavy (non-hydrogen) atoms. The summed E-state index contributed by atoms with van der Waals surface area (Å²) in [5.74, 6) is 1.09. The molecule has 2 atom stereocenters. The molecule has 3 heteroatoms. The monoisotopic (exact) mass is 216 g/mol. The molecule has 0 aromatic carbocycles. The number of nitrogens with zero attached hydrogens (tertiary/aromatic N) is 1. The van der Waals surface area contributed by atoms with E-state index in [1.54, 1.807) is 0 Å². The van der Waals surface area contributed by atoms with Crippen LogP contribution in [0.4, 0.5) is 0 Å². The molecule has 0 spiro atoms. The number of thiocarbonyl (C=S) groups is 1. The molecule has 84 valence electrons. The van der Waals surface area contributed by atoms with E-state index in [1.807, 2.05) is 0 Å². The molecule has 0 aromatic rings. The quantitative estimate of drug-likeness (QED) is 0.662. The van der Waals surface area contributed by atoms with Gasteiger partial charge in [0.2, 0.25) is 0 Å². The maximum Gasteiger partial charge on any atom is 0.0768 e. The van der Waals surface area contributed by atoms with Crippen LogP contribution >= 0.6 is 12.2 Å². The van der Waals surface area contributed by atoms with Crippen molar-refractivity contribution in [3.63, 3.8) is 0 Å². The first kappa shape index (κ1) is 13.8. The third-order valence-electron chi connectivity index (χ3n) is 2.48. The van der Waals surface area contributed by atoms with Gasteiger partial charge in [-0.3, -0.25) is 0 Å². The lowest BCUT2D eigenvalue weighted by atomic mass is 10.1. The highest BCUT2D eigenvalue weighted by molar-refractivity contribution is 7.80. The highest BCUT2D eigenvalue weighted by atomic mass is 32.1. The summed E-state index contributed by atoms with van der Waals surface area (Å²) in [6, 6.07) is 0. The van der Waals surface area contributed by atoms with Crippen LogP contribution in [0.2, 0.25) is 0 Å². The van der Waals surface area contributed by atoms with Gasteiger partial charge in [0.15, 0.2) is 0 Å². The molecule has 0 aromatic heterocycles. The van der Waals surface area contributed by atoms with Crippen LogP contribution in [0.5, 0.6) is 0 Å². The second kappa shape index (κ2) is 7.18. The summed E-state index contributed by atoms with van der Waals surface area (Å²) in [6.45, 7) is 8.73. The topological polar surface area (TPSA) is 29.3 Å². The molecule has 0 aliphatic carbocycles. The molecule has 2 N–H and O–H groups in total. The van der Waals surface area contributed by atoms with Gasteiger partial charge in [0.1, 0.15) is 0 Å². The Morgan fingerprint density at radius 1 is 1.36 bits per heavy atom. The van der Waals surface area contributed by atoms with Crippen molar-refractivity contribution in [2.24, 2.45) is 17.6 Å². The molecule has 0 radical (unpaired) electrons. The first-order chi connectivity index (χ1) is 6.47. The summed E-state index contributed by atoms with van der Waals surface area (Å²) in [7, 11) is 2.14. The second-order valence-corrected chi connectivity index (χ2v) is 4.89. The number of hydrogen-bond acceptors (Lipinski definition) is 2. The Morgan fingerprint density at radius 3 is 2.36 bits per heavy atom. The van der Waals surface area contributed by atoms with E-state index in [9.17, 15) is 0 Å². The zero-order valence-electron chi connectivity index (χ0n) is 9.92. The average molecular weight is 216 g/mol. The first-order valence-electron chi connectivity index (χ1n) is 5.45. The molecular weight excluding hydrogens is 192 g/mol. The SMILES string of the molecule is CCCC(C)CN(C)CC(C)C(N)=S. The van der Waals surface area contributed by atoms with Gasteiger partial charge in [0.25, 0.3) is 0 Å². The molecular formula is C11H24N2S. The minimum Gasteiger partial charge on any atom is -0.393 e. The summed E-state index contributed by atoms with van der Waals surface area (Å²) in [5.41, 5.74) is 5.58. The molecule has 0 amide bonds. The van der Waals surface area contributed by atoms with Gasteiger partial charge in [-0.2, -0.15) is 0 Å². The predicted molar refractivity (Wildman–Crippen MR) is 67.5 cm³/mol. The highest BCUT2D eigenvalue weighted by Gasteiger charge is 2.10. The molecule has 0 saturated heterocycles. The van der Waals surface area contributed by atoms with E-state index < -0.39 is 0 Å². The van der Waals surface area contributed by atoms with Crippen LogP contribution in [0.3, 0.4) is 0 Å². The molecule has 0 aliphatic heterocycles. The minimum absolute atomic E-state index is 0.323. The van der Waals surface area contributed by atoms with Crippen LogP contribution in [-0.2, 0) is 0 Å². The fourth-order valence-electron chi connectivity index (χ4n) is 1.75. The van der Waals surface area contributed by atoms with Crippen LogP contribution in [0.25, 0.3) is 0 Å². The first-order valence-corrected chi connectivity index (χ1v) is 5.86. The summed E-state index contributed by atoms with van der Waals surface area (Å²) >= 11 is 4.95. The fraction of sp³-hybridized carbons (Fsp3) is 0.909. The molecule has 0 saturated carbocycles. The molecule has 0 fully saturated rings. The smallest absolute Gasteiger partial charge is 0.0768 e. The Morgan fingerprint density at radius 2 is 1.93 bits per heavy atom. The lowest BCUT2D eigenvalue weighted by Crippen LogP contribution is -2.33. The highest BCUT2D eigenvalue weighted by Crippen LogP contribution is 2.08. The lowest BCUT2D eigenvalue weighted by molar-refractivity contribution is 0.264. The van der Waals surface area contributed by atoms with Gasteiger partial charge in [0, 0.05) is 19.0 Å². The van der Waals surface area contributed by atoms with Gasteiger partial charge in [-0.15, -0.1) is 0 Å². The summed E-state index contributed by atoms with van der Waals surface area (Å²) < 4.78 is 0. The minimum atomic E-state index is 0.323. The maximum atomic E-state index is 5.58. The molecule has 0 heterocycles. The van der Waals surface area contributed by atoms with E-state index in [4.69, 9.17) is 18.0 Å². The van der Waals surface area contributed by atoms with Gasteiger partial charge in [-0.05, 0) is 19.4 Å². The third kappa shape index (κ3) is 6.33. The Balaban J connectivity index is 3.74. The van der Waals surface area contributed by atoms with Crippen molar-refractivity contribution in [1.29, 1.82) is 0 Å². The van der Waals surface area contributed by atoms with Gasteiger partial charge in [-0.25, -0.2) is 0 Å². The van der Waals surface area contributed by atoms with E-state index in [2.05, 4.69) is 32.7 Å². The normalized spacial score (nSPS) is 15.5. The van der Waals surface area contributed by atoms with E-state index in [0.717, 1.165) is 19.0 Å². The molecule has 0 aliphatic rings. The Kier molecular flexibility index (Phi) is 7.11. The van der Waals surface area contributed by atoms with E-state index in [0.29, 0.717) is 10.9 Å². The third-order valence-corrected chi connectivity index (χ3v) is 2.88. The van der Waals surface area contributed by atoms with E-state index in [1.165, 1.54) is 12.8 Å². The van der Waals surface area contributed by atoms with Crippen molar-refractivity contribution in [3.05, 3.63) is 0 Å². The number of hydrogen-bond donors (Lipinski definition) is 1. The lowest BCUT2D eigenvalue weighted by Gasteiger charge is -2.23. The van der Waals surface area contributed by atoms with Gasteiger partial charge >= 0.3 is 0 Å². The van der Waals surface area contributed by atoms with Crippen molar-refractivity contribution in [1.82, 2.24) is 4.90 Å². The van der Waals surface area contributed by atoms with Crippen LogP contribution in [0.1, 0.15) is 33.6 Å². The van der Waals surface area contributed by atoms with Crippen molar-refractivity contribution in [3.8, 4) is 0 Å². The molecule has 2 nitrogen and oxygen atoms in total. The van der Waals surface area contributed by atoms with Crippen molar-refractivity contribution >= 4 is 17.2 Å². The van der Waals surface area contributed by atoms with Crippen molar-refractivity contribution < 1.29 is 0 Å². The Hall–Kier alpha value is -0.150. The van der Waals surface area contributed by atoms with Gasteiger partial charge < -0.3 is 10.6 Å². The van der Waals surface area contributed by atoms with Crippen LogP contribution in [-0.4, -0.2) is 30.0 Å². The van der Waals surface area contributed by atoms with Crippen molar-refractivity contribution in [2.45, 2.75) is 33.6 Å². The molecule has 2 unspecified atom stereocenters. The predicted octanol–water partition coefficient (Wildman–Crippen LogP) is 2.28. The largest absolute Gasteiger partial charge is 0.393 e. The molecule has 0 rings (SSSR count). The zero-order valence-corrected chi connectivity index (χ0v) is 10.7. The zero-order chi connectivity index (χ0) is 11.1. The Labute approximate surface area is 93.8 Å². The Bertz CT molecular complexity index is 171. The van der Waals surface area contributed by atoms with Crippen LogP contribution in [0.15, 0.2) is 0 Å². The molecule has 0 bridgehead atoms. The summed E-state index contributed by atoms with van der Waals surface area (Å²) in [6.07, 6.45) is 2.56. The second-order valence-electron chi connectivity index (χ2n) is 4.42. The van der Waals surface area contributed by atoms with E-state index >= 15 is 0 Å². The van der Waals surface area contributed by atoms with Crippen LogP contribution in [0, 0.1) is 11.8 Å². The van der Waals surface area contributed by atoms with Crippen molar-refractivity contribution in [2.75, 3.05) is 20.1 Å². The standard InChI is InChI=1S/C11H24N2S/c1-5-6-9(2)7-13(4)8-10(3)11(12)14/h9-10H,5-8H2,1-4H3,(H2,12,14). The summed E-state index contributed by atoms with van der Waals surface area (Å²) in [4.78, 5) is 2.95.